The van der Waals surface area contributed by atoms with Crippen LogP contribution >= 0.6 is 27.3 Å². The van der Waals surface area contributed by atoms with Crippen molar-refractivity contribution in [3.63, 3.8) is 0 Å². The summed E-state index contributed by atoms with van der Waals surface area (Å²) in [6.07, 6.45) is -0.870. The summed E-state index contributed by atoms with van der Waals surface area (Å²) in [4.78, 5) is 0. The fraction of sp³-hybridized carbons (Fsp3) is 0.286. The number of thiophene rings is 1. The molecule has 0 radical (unpaired) electrons. The van der Waals surface area contributed by atoms with Crippen molar-refractivity contribution >= 4 is 27.3 Å². The Labute approximate surface area is 133 Å². The van der Waals surface area contributed by atoms with Crippen molar-refractivity contribution in [1.29, 1.82) is 0 Å². The monoisotopic (exact) mass is 378 g/mol. The van der Waals surface area contributed by atoms with Gasteiger partial charge in [0.25, 0.3) is 0 Å². The van der Waals surface area contributed by atoms with Gasteiger partial charge in [-0.1, -0.05) is 6.07 Å². The van der Waals surface area contributed by atoms with E-state index in [0.29, 0.717) is 17.7 Å². The first kappa shape index (κ1) is 16.2. The largest absolute Gasteiger partial charge is 0.490 e. The van der Waals surface area contributed by atoms with E-state index in [2.05, 4.69) is 20.7 Å². The molecule has 0 bridgehead atoms. The predicted molar refractivity (Wildman–Crippen MR) is 80.3 cm³/mol. The van der Waals surface area contributed by atoms with E-state index in [0.717, 1.165) is 4.47 Å². The van der Waals surface area contributed by atoms with Crippen molar-refractivity contribution in [1.82, 2.24) is 0 Å². The lowest BCUT2D eigenvalue weighted by molar-refractivity contribution is -0.0514. The fourth-order valence-electron chi connectivity index (χ4n) is 1.82. The first-order valence-electron chi connectivity index (χ1n) is 6.14. The number of hydrogen-bond acceptors (Lipinski definition) is 4. The van der Waals surface area contributed by atoms with Crippen LogP contribution in [0.15, 0.2) is 33.4 Å². The Bertz CT molecular complexity index is 604. The highest BCUT2D eigenvalue weighted by Crippen LogP contribution is 2.36. The number of aliphatic hydroxyl groups excluding tert-OH is 1. The van der Waals surface area contributed by atoms with E-state index < -0.39 is 12.7 Å². The van der Waals surface area contributed by atoms with Crippen LogP contribution in [0.2, 0.25) is 0 Å². The van der Waals surface area contributed by atoms with Gasteiger partial charge in [-0.2, -0.15) is 20.1 Å². The highest BCUT2D eigenvalue weighted by molar-refractivity contribution is 9.10. The van der Waals surface area contributed by atoms with E-state index in [9.17, 15) is 13.9 Å². The Morgan fingerprint density at radius 2 is 2.05 bits per heavy atom. The van der Waals surface area contributed by atoms with Crippen molar-refractivity contribution in [2.24, 2.45) is 0 Å². The summed E-state index contributed by atoms with van der Waals surface area (Å²) >= 11 is 4.81. The number of rotatable bonds is 6. The Hall–Kier alpha value is -1.18. The molecule has 1 unspecified atom stereocenters. The average molecular weight is 379 g/mol. The van der Waals surface area contributed by atoms with Crippen molar-refractivity contribution in [2.75, 3.05) is 6.61 Å². The van der Waals surface area contributed by atoms with Crippen LogP contribution in [0.4, 0.5) is 8.78 Å². The van der Waals surface area contributed by atoms with Gasteiger partial charge in [-0.05, 0) is 45.9 Å². The molecule has 0 fully saturated rings. The lowest BCUT2D eigenvalue weighted by Gasteiger charge is -2.15. The quantitative estimate of drug-likeness (QED) is 0.798. The SMILES string of the molecule is CCOc1cc(C(O)c2cscc2Br)ccc1OC(F)F. The van der Waals surface area contributed by atoms with Gasteiger partial charge in [0.2, 0.25) is 0 Å². The minimum absolute atomic E-state index is 0.0489. The second kappa shape index (κ2) is 7.20. The normalized spacial score (nSPS) is 12.5. The van der Waals surface area contributed by atoms with Crippen molar-refractivity contribution in [2.45, 2.75) is 19.6 Å². The van der Waals surface area contributed by atoms with Gasteiger partial charge in [-0.3, -0.25) is 0 Å². The number of benzene rings is 1. The number of halogens is 3. The molecule has 0 saturated heterocycles. The molecule has 0 saturated carbocycles. The van der Waals surface area contributed by atoms with Gasteiger partial charge >= 0.3 is 6.61 Å². The van der Waals surface area contributed by atoms with E-state index >= 15 is 0 Å². The van der Waals surface area contributed by atoms with Crippen LogP contribution in [0.25, 0.3) is 0 Å². The minimum atomic E-state index is -2.93. The Balaban J connectivity index is 2.33. The summed E-state index contributed by atoms with van der Waals surface area (Å²) in [5.41, 5.74) is 1.25. The highest BCUT2D eigenvalue weighted by atomic mass is 79.9. The Kier molecular flexibility index (Phi) is 5.55. The van der Waals surface area contributed by atoms with Gasteiger partial charge < -0.3 is 14.6 Å². The van der Waals surface area contributed by atoms with Gasteiger partial charge in [-0.15, -0.1) is 0 Å². The highest BCUT2D eigenvalue weighted by Gasteiger charge is 2.18. The van der Waals surface area contributed by atoms with Crippen LogP contribution in [-0.2, 0) is 0 Å². The molecule has 1 atom stereocenters. The van der Waals surface area contributed by atoms with Gasteiger partial charge in [-0.25, -0.2) is 0 Å². The molecular formula is C14H13BrF2O3S. The minimum Gasteiger partial charge on any atom is -0.490 e. The molecular weight excluding hydrogens is 366 g/mol. The number of alkyl halides is 2. The molecule has 1 aromatic carbocycles. The number of aliphatic hydroxyl groups is 1. The van der Waals surface area contributed by atoms with Crippen LogP contribution in [0.1, 0.15) is 24.2 Å². The van der Waals surface area contributed by atoms with Crippen molar-refractivity contribution in [3.8, 4) is 11.5 Å². The molecule has 0 aliphatic heterocycles. The zero-order valence-corrected chi connectivity index (χ0v) is 13.5. The molecule has 0 spiro atoms. The van der Waals surface area contributed by atoms with Crippen LogP contribution in [0.5, 0.6) is 11.5 Å². The predicted octanol–water partition coefficient (Wildman–Crippen LogP) is 4.59. The Morgan fingerprint density at radius 1 is 1.29 bits per heavy atom. The number of ether oxygens (including phenoxy) is 2. The Morgan fingerprint density at radius 3 is 2.62 bits per heavy atom. The van der Waals surface area contributed by atoms with E-state index in [1.165, 1.54) is 29.5 Å². The van der Waals surface area contributed by atoms with Gasteiger partial charge in [0, 0.05) is 15.4 Å². The maximum absolute atomic E-state index is 12.3. The first-order valence-corrected chi connectivity index (χ1v) is 7.87. The molecule has 3 nitrogen and oxygen atoms in total. The second-order valence-corrected chi connectivity index (χ2v) is 5.69. The molecule has 2 rings (SSSR count). The van der Waals surface area contributed by atoms with E-state index in [1.54, 1.807) is 6.92 Å². The van der Waals surface area contributed by atoms with E-state index in [-0.39, 0.29) is 11.5 Å². The van der Waals surface area contributed by atoms with Crippen LogP contribution in [0, 0.1) is 0 Å². The summed E-state index contributed by atoms with van der Waals surface area (Å²) in [5, 5.41) is 14.0. The maximum Gasteiger partial charge on any atom is 0.387 e. The topological polar surface area (TPSA) is 38.7 Å². The smallest absolute Gasteiger partial charge is 0.387 e. The zero-order chi connectivity index (χ0) is 15.4. The molecule has 0 aliphatic carbocycles. The molecule has 7 heteroatoms. The zero-order valence-electron chi connectivity index (χ0n) is 11.1. The van der Waals surface area contributed by atoms with Crippen molar-refractivity contribution in [3.05, 3.63) is 44.6 Å². The summed E-state index contributed by atoms with van der Waals surface area (Å²) in [6, 6.07) is 4.42. The second-order valence-electron chi connectivity index (χ2n) is 4.10. The summed E-state index contributed by atoms with van der Waals surface area (Å²) < 4.78 is 35.2. The van der Waals surface area contributed by atoms with Crippen LogP contribution in [-0.4, -0.2) is 18.3 Å². The third-order valence-corrected chi connectivity index (χ3v) is 4.49. The third kappa shape index (κ3) is 3.93. The standard InChI is InChI=1S/C14H13BrF2O3S/c1-2-19-12-5-8(3-4-11(12)20-14(16)17)13(18)9-6-21-7-10(9)15/h3-7,13-14,18H,2H2,1H3. The average Bonchev–Trinajstić information content (AvgIpc) is 2.86. The van der Waals surface area contributed by atoms with Gasteiger partial charge in [0.15, 0.2) is 11.5 Å². The van der Waals surface area contributed by atoms with Gasteiger partial charge in [0.05, 0.1) is 6.61 Å². The lowest BCUT2D eigenvalue weighted by Crippen LogP contribution is -2.06. The van der Waals surface area contributed by atoms with E-state index in [1.807, 2.05) is 10.8 Å². The molecule has 1 aromatic heterocycles. The molecule has 1 heterocycles. The van der Waals surface area contributed by atoms with E-state index in [4.69, 9.17) is 4.74 Å². The fourth-order valence-corrected chi connectivity index (χ4v) is 3.36. The molecule has 0 aliphatic rings. The van der Waals surface area contributed by atoms with Crippen molar-refractivity contribution < 1.29 is 23.4 Å². The molecule has 1 N–H and O–H groups in total. The van der Waals surface area contributed by atoms with Gasteiger partial charge in [0.1, 0.15) is 6.10 Å². The first-order chi connectivity index (χ1) is 10.0. The lowest BCUT2D eigenvalue weighted by atomic mass is 10.0. The molecule has 2 aromatic rings. The molecule has 0 amide bonds. The van der Waals surface area contributed by atoms with Crippen LogP contribution in [0.3, 0.4) is 0 Å². The molecule has 21 heavy (non-hydrogen) atoms. The molecule has 114 valence electrons. The van der Waals surface area contributed by atoms with Crippen LogP contribution < -0.4 is 9.47 Å². The summed E-state index contributed by atoms with van der Waals surface area (Å²) in [7, 11) is 0. The number of hydrogen-bond donors (Lipinski definition) is 1. The summed E-state index contributed by atoms with van der Waals surface area (Å²) in [5.74, 6) is 0.132. The maximum atomic E-state index is 12.3. The summed E-state index contributed by atoms with van der Waals surface area (Å²) in [6.45, 7) is -0.877. The third-order valence-electron chi connectivity index (χ3n) is 2.74.